The van der Waals surface area contributed by atoms with Gasteiger partial charge in [-0.1, -0.05) is 11.3 Å². The van der Waals surface area contributed by atoms with Crippen LogP contribution in [0.3, 0.4) is 0 Å². The van der Waals surface area contributed by atoms with Gasteiger partial charge in [-0.05, 0) is 18.9 Å². The minimum absolute atomic E-state index is 0.0130. The number of piperidine rings is 1. The molecule has 0 radical (unpaired) electrons. The molecular weight excluding hydrogens is 324 g/mol. The first-order valence-corrected chi connectivity index (χ1v) is 8.07. The monoisotopic (exact) mass is 339 g/mol. The SMILES string of the molecule is CC(=O)N1CCC(C(=O)Nc2nc3cc(F)c(F)cc3s2)CC1. The summed E-state index contributed by atoms with van der Waals surface area (Å²) in [5.41, 5.74) is 0.315. The second-order valence-electron chi connectivity index (χ2n) is 5.52. The zero-order valence-electron chi connectivity index (χ0n) is 12.4. The third-order valence-corrected chi connectivity index (χ3v) is 4.91. The van der Waals surface area contributed by atoms with E-state index in [1.54, 1.807) is 4.90 Å². The molecule has 2 aromatic rings. The van der Waals surface area contributed by atoms with Crippen molar-refractivity contribution in [1.29, 1.82) is 0 Å². The Hall–Kier alpha value is -2.09. The Morgan fingerprint density at radius 1 is 1.26 bits per heavy atom. The van der Waals surface area contributed by atoms with E-state index in [-0.39, 0.29) is 17.7 Å². The van der Waals surface area contributed by atoms with Crippen molar-refractivity contribution in [1.82, 2.24) is 9.88 Å². The van der Waals surface area contributed by atoms with E-state index >= 15 is 0 Å². The van der Waals surface area contributed by atoms with Crippen LogP contribution in [0.2, 0.25) is 0 Å². The van der Waals surface area contributed by atoms with Crippen LogP contribution in [-0.2, 0) is 9.59 Å². The fourth-order valence-electron chi connectivity index (χ4n) is 2.64. The lowest BCUT2D eigenvalue weighted by Crippen LogP contribution is -2.40. The molecule has 122 valence electrons. The number of nitrogens with zero attached hydrogens (tertiary/aromatic N) is 2. The lowest BCUT2D eigenvalue weighted by Gasteiger charge is -2.30. The highest BCUT2D eigenvalue weighted by Gasteiger charge is 2.26. The maximum Gasteiger partial charge on any atom is 0.229 e. The van der Waals surface area contributed by atoms with Crippen molar-refractivity contribution >= 4 is 38.5 Å². The fourth-order valence-corrected chi connectivity index (χ4v) is 3.52. The van der Waals surface area contributed by atoms with Gasteiger partial charge >= 0.3 is 0 Å². The first-order chi connectivity index (χ1) is 10.9. The molecular formula is C15H15F2N3O2S. The number of hydrogen-bond donors (Lipinski definition) is 1. The van der Waals surface area contributed by atoms with Gasteiger partial charge in [0, 0.05) is 32.0 Å². The number of carbonyl (C=O) groups is 2. The Labute approximate surface area is 135 Å². The molecule has 1 aliphatic rings. The number of rotatable bonds is 2. The Morgan fingerprint density at radius 3 is 2.57 bits per heavy atom. The van der Waals surface area contributed by atoms with Gasteiger partial charge in [-0.2, -0.15) is 0 Å². The Morgan fingerprint density at radius 2 is 1.91 bits per heavy atom. The predicted octanol–water partition coefficient (Wildman–Crippen LogP) is 2.77. The van der Waals surface area contributed by atoms with Crippen LogP contribution < -0.4 is 5.32 Å². The van der Waals surface area contributed by atoms with Crippen molar-refractivity contribution in [3.8, 4) is 0 Å². The largest absolute Gasteiger partial charge is 0.343 e. The van der Waals surface area contributed by atoms with E-state index in [1.165, 1.54) is 6.92 Å². The molecule has 1 aromatic heterocycles. The van der Waals surface area contributed by atoms with Crippen LogP contribution in [0.5, 0.6) is 0 Å². The van der Waals surface area contributed by atoms with Crippen LogP contribution in [0.1, 0.15) is 19.8 Å². The highest BCUT2D eigenvalue weighted by atomic mass is 32.1. The maximum atomic E-state index is 13.2. The minimum atomic E-state index is -0.961. The summed E-state index contributed by atoms with van der Waals surface area (Å²) in [5, 5.41) is 3.03. The average Bonchev–Trinajstić information content (AvgIpc) is 2.89. The summed E-state index contributed by atoms with van der Waals surface area (Å²) < 4.78 is 26.9. The molecule has 1 N–H and O–H groups in total. The normalized spacial score (nSPS) is 15.9. The molecule has 1 saturated heterocycles. The van der Waals surface area contributed by atoms with Crippen LogP contribution in [-0.4, -0.2) is 34.8 Å². The standard InChI is InChI=1S/C15H15F2N3O2S/c1-8(21)20-4-2-9(3-5-20)14(22)19-15-18-12-6-10(16)11(17)7-13(12)23-15/h6-7,9H,2-5H2,1H3,(H,18,19,22). The van der Waals surface area contributed by atoms with Gasteiger partial charge in [-0.25, -0.2) is 13.8 Å². The molecule has 0 unspecified atom stereocenters. The van der Waals surface area contributed by atoms with Crippen molar-refractivity contribution in [3.05, 3.63) is 23.8 Å². The molecule has 0 atom stereocenters. The number of anilines is 1. The Bertz CT molecular complexity index is 730. The minimum Gasteiger partial charge on any atom is -0.343 e. The van der Waals surface area contributed by atoms with E-state index in [0.29, 0.717) is 41.3 Å². The molecule has 8 heteroatoms. The number of aromatic nitrogens is 1. The smallest absolute Gasteiger partial charge is 0.229 e. The van der Waals surface area contributed by atoms with Crippen LogP contribution >= 0.6 is 11.3 Å². The fraction of sp³-hybridized carbons (Fsp3) is 0.400. The van der Waals surface area contributed by atoms with Crippen molar-refractivity contribution in [2.75, 3.05) is 18.4 Å². The second kappa shape index (κ2) is 6.19. The molecule has 1 aliphatic heterocycles. The van der Waals surface area contributed by atoms with E-state index in [9.17, 15) is 18.4 Å². The average molecular weight is 339 g/mol. The predicted molar refractivity (Wildman–Crippen MR) is 83.1 cm³/mol. The van der Waals surface area contributed by atoms with Gasteiger partial charge in [-0.3, -0.25) is 9.59 Å². The number of fused-ring (bicyclic) bond motifs is 1. The van der Waals surface area contributed by atoms with Crippen molar-refractivity contribution in [2.45, 2.75) is 19.8 Å². The molecule has 3 rings (SSSR count). The zero-order chi connectivity index (χ0) is 16.6. The molecule has 0 saturated carbocycles. The molecule has 5 nitrogen and oxygen atoms in total. The van der Waals surface area contributed by atoms with Crippen LogP contribution in [0.4, 0.5) is 13.9 Å². The Balaban J connectivity index is 1.67. The molecule has 2 amide bonds. The number of hydrogen-bond acceptors (Lipinski definition) is 4. The third-order valence-electron chi connectivity index (χ3n) is 3.97. The van der Waals surface area contributed by atoms with Gasteiger partial charge in [0.2, 0.25) is 11.8 Å². The van der Waals surface area contributed by atoms with E-state index in [4.69, 9.17) is 0 Å². The number of amides is 2. The highest BCUT2D eigenvalue weighted by Crippen LogP contribution is 2.29. The first kappa shape index (κ1) is 15.8. The lowest BCUT2D eigenvalue weighted by molar-refractivity contribution is -0.132. The molecule has 0 aliphatic carbocycles. The summed E-state index contributed by atoms with van der Waals surface area (Å²) in [6.07, 6.45) is 1.19. The van der Waals surface area contributed by atoms with E-state index in [0.717, 1.165) is 23.5 Å². The summed E-state index contributed by atoms with van der Waals surface area (Å²) in [6.45, 7) is 2.63. The van der Waals surface area contributed by atoms with Crippen LogP contribution in [0.15, 0.2) is 12.1 Å². The summed E-state index contributed by atoms with van der Waals surface area (Å²) in [5.74, 6) is -2.24. The van der Waals surface area contributed by atoms with Gasteiger partial charge in [0.25, 0.3) is 0 Å². The van der Waals surface area contributed by atoms with Crippen LogP contribution in [0.25, 0.3) is 10.2 Å². The molecule has 23 heavy (non-hydrogen) atoms. The highest BCUT2D eigenvalue weighted by molar-refractivity contribution is 7.22. The number of thiazole rings is 1. The maximum absolute atomic E-state index is 13.2. The van der Waals surface area contributed by atoms with Crippen molar-refractivity contribution in [3.63, 3.8) is 0 Å². The Kier molecular flexibility index (Phi) is 4.25. The molecule has 1 fully saturated rings. The quantitative estimate of drug-likeness (QED) is 0.915. The lowest BCUT2D eigenvalue weighted by atomic mass is 9.96. The van der Waals surface area contributed by atoms with E-state index in [2.05, 4.69) is 10.3 Å². The van der Waals surface area contributed by atoms with Gasteiger partial charge in [0.15, 0.2) is 16.8 Å². The number of likely N-dealkylation sites (tertiary alicyclic amines) is 1. The topological polar surface area (TPSA) is 62.3 Å². The van der Waals surface area contributed by atoms with Crippen molar-refractivity contribution in [2.24, 2.45) is 5.92 Å². The number of nitrogens with one attached hydrogen (secondary N) is 1. The molecule has 1 aromatic carbocycles. The van der Waals surface area contributed by atoms with Gasteiger partial charge in [-0.15, -0.1) is 0 Å². The molecule has 2 heterocycles. The summed E-state index contributed by atoms with van der Waals surface area (Å²) in [4.78, 5) is 29.4. The van der Waals surface area contributed by atoms with Crippen molar-refractivity contribution < 1.29 is 18.4 Å². The second-order valence-corrected chi connectivity index (χ2v) is 6.55. The number of carbonyl (C=O) groups excluding carboxylic acids is 2. The van der Waals surface area contributed by atoms with Gasteiger partial charge in [0.05, 0.1) is 10.2 Å². The zero-order valence-corrected chi connectivity index (χ0v) is 13.3. The molecule has 0 bridgehead atoms. The van der Waals surface area contributed by atoms with Gasteiger partial charge in [0.1, 0.15) is 0 Å². The van der Waals surface area contributed by atoms with E-state index < -0.39 is 11.6 Å². The third kappa shape index (κ3) is 3.31. The van der Waals surface area contributed by atoms with E-state index in [1.807, 2.05) is 0 Å². The van der Waals surface area contributed by atoms with Crippen LogP contribution in [0, 0.1) is 17.6 Å². The summed E-state index contributed by atoms with van der Waals surface area (Å²) in [7, 11) is 0. The van der Waals surface area contributed by atoms with Gasteiger partial charge < -0.3 is 10.2 Å². The number of halogens is 2. The number of benzene rings is 1. The molecule has 0 spiro atoms. The first-order valence-electron chi connectivity index (χ1n) is 7.26. The summed E-state index contributed by atoms with van der Waals surface area (Å²) in [6, 6.07) is 2.09. The summed E-state index contributed by atoms with van der Waals surface area (Å²) >= 11 is 1.10.